The molecule has 2 N–H and O–H groups in total. The van der Waals surface area contributed by atoms with E-state index in [-0.39, 0.29) is 6.47 Å². The Morgan fingerprint density at radius 2 is 2.08 bits per heavy atom. The highest BCUT2D eigenvalue weighted by Crippen LogP contribution is 2.25. The molecule has 5 nitrogen and oxygen atoms in total. The molecule has 3 rings (SSSR count). The molecule has 136 valence electrons. The van der Waals surface area contributed by atoms with Crippen molar-refractivity contribution in [2.45, 2.75) is 40.0 Å². The normalized spacial score (nSPS) is 16.4. The number of hydrogen-bond acceptors (Lipinski definition) is 4. The fourth-order valence-electron chi connectivity index (χ4n) is 3.21. The molecule has 1 atom stereocenters. The molecule has 5 heteroatoms. The molecule has 1 saturated heterocycles. The van der Waals surface area contributed by atoms with Crippen molar-refractivity contribution < 1.29 is 14.6 Å². The largest absolute Gasteiger partial charge is 0.483 e. The van der Waals surface area contributed by atoms with Gasteiger partial charge in [0.05, 0.1) is 5.52 Å². The van der Waals surface area contributed by atoms with E-state index in [1.54, 1.807) is 0 Å². The van der Waals surface area contributed by atoms with Crippen molar-refractivity contribution in [3.63, 3.8) is 0 Å². The zero-order valence-electron chi connectivity index (χ0n) is 15.3. The number of carbonyl (C=O) groups is 1. The predicted octanol–water partition coefficient (Wildman–Crippen LogP) is 4.09. The maximum Gasteiger partial charge on any atom is 0.290 e. The minimum Gasteiger partial charge on any atom is -0.483 e. The number of nitrogens with one attached hydrogen (secondary N) is 1. The number of aromatic nitrogens is 1. The summed E-state index contributed by atoms with van der Waals surface area (Å²) in [6, 6.07) is 6.53. The van der Waals surface area contributed by atoms with Gasteiger partial charge in [0.2, 0.25) is 0 Å². The van der Waals surface area contributed by atoms with E-state index in [9.17, 15) is 0 Å². The number of ether oxygens (including phenoxy) is 1. The number of aryl methyl sites for hydroxylation is 3. The lowest BCUT2D eigenvalue weighted by atomic mass is 10.0. The van der Waals surface area contributed by atoms with Crippen LogP contribution < -0.4 is 5.32 Å². The summed E-state index contributed by atoms with van der Waals surface area (Å²) in [4.78, 5) is 13.2. The zero-order chi connectivity index (χ0) is 18.2. The van der Waals surface area contributed by atoms with Gasteiger partial charge in [-0.1, -0.05) is 12.1 Å². The molecule has 0 spiro atoms. The molecule has 0 radical (unpaired) electrons. The maximum atomic E-state index is 8.36. The summed E-state index contributed by atoms with van der Waals surface area (Å²) in [7, 11) is 0. The van der Waals surface area contributed by atoms with E-state index in [4.69, 9.17) is 19.6 Å². The third-order valence-corrected chi connectivity index (χ3v) is 4.83. The predicted molar refractivity (Wildman–Crippen MR) is 101 cm³/mol. The molecule has 0 saturated carbocycles. The number of hydrogen-bond donors (Lipinski definition) is 2. The lowest BCUT2D eigenvalue weighted by Gasteiger charge is -2.12. The molecular weight excluding hydrogens is 316 g/mol. The standard InChI is InChI=1S/C19H26N2O.CH2O2/c1-13-6-7-17-14(2)11-18(21-19(17)15(13)3)20-9-4-5-16-8-10-22-12-16;2-1-3/h6-7,11,16H,4-5,8-10,12H2,1-3H3,(H,20,21);1H,(H,2,3). The first-order valence-corrected chi connectivity index (χ1v) is 8.83. The monoisotopic (exact) mass is 344 g/mol. The minimum atomic E-state index is -0.250. The van der Waals surface area contributed by atoms with Crippen molar-refractivity contribution in [3.8, 4) is 0 Å². The van der Waals surface area contributed by atoms with Crippen molar-refractivity contribution in [2.75, 3.05) is 25.1 Å². The zero-order valence-corrected chi connectivity index (χ0v) is 15.3. The van der Waals surface area contributed by atoms with Crippen LogP contribution in [0.3, 0.4) is 0 Å². The van der Waals surface area contributed by atoms with Gasteiger partial charge >= 0.3 is 0 Å². The minimum absolute atomic E-state index is 0.250. The van der Waals surface area contributed by atoms with Gasteiger partial charge in [-0.3, -0.25) is 4.79 Å². The van der Waals surface area contributed by atoms with Crippen molar-refractivity contribution in [2.24, 2.45) is 5.92 Å². The van der Waals surface area contributed by atoms with E-state index in [0.29, 0.717) is 0 Å². The van der Waals surface area contributed by atoms with Crippen molar-refractivity contribution in [3.05, 3.63) is 34.9 Å². The lowest BCUT2D eigenvalue weighted by molar-refractivity contribution is -0.122. The molecular formula is C20H28N2O3. The van der Waals surface area contributed by atoms with Gasteiger partial charge in [0.25, 0.3) is 6.47 Å². The highest BCUT2D eigenvalue weighted by molar-refractivity contribution is 5.87. The number of fused-ring (bicyclic) bond motifs is 1. The van der Waals surface area contributed by atoms with Gasteiger partial charge in [-0.15, -0.1) is 0 Å². The third kappa shape index (κ3) is 5.16. The SMILES string of the molecule is Cc1ccc2c(C)cc(NCCCC3CCOC3)nc2c1C.O=CO. The van der Waals surface area contributed by atoms with Gasteiger partial charge < -0.3 is 15.2 Å². The Morgan fingerprint density at radius 3 is 2.76 bits per heavy atom. The van der Waals surface area contributed by atoms with E-state index in [2.05, 4.69) is 44.3 Å². The van der Waals surface area contributed by atoms with Crippen LogP contribution in [0, 0.1) is 26.7 Å². The molecule has 1 fully saturated rings. The molecule has 1 aromatic heterocycles. The fourth-order valence-corrected chi connectivity index (χ4v) is 3.21. The second-order valence-electron chi connectivity index (χ2n) is 6.63. The van der Waals surface area contributed by atoms with Crippen molar-refractivity contribution in [1.29, 1.82) is 0 Å². The molecule has 1 aliphatic rings. The Kier molecular flexibility index (Phi) is 7.19. The number of pyridine rings is 1. The van der Waals surface area contributed by atoms with Gasteiger partial charge in [-0.05, 0) is 68.7 Å². The Balaban J connectivity index is 0.000000701. The Hall–Kier alpha value is -2.14. The molecule has 0 aliphatic carbocycles. The summed E-state index contributed by atoms with van der Waals surface area (Å²) in [6.45, 7) is 9.11. The van der Waals surface area contributed by atoms with Gasteiger partial charge in [0.1, 0.15) is 5.82 Å². The first kappa shape index (κ1) is 19.2. The van der Waals surface area contributed by atoms with Crippen molar-refractivity contribution in [1.82, 2.24) is 4.98 Å². The number of nitrogens with zero attached hydrogens (tertiary/aromatic N) is 1. The van der Waals surface area contributed by atoms with E-state index in [0.717, 1.165) is 37.0 Å². The maximum absolute atomic E-state index is 8.36. The van der Waals surface area contributed by atoms with Crippen LogP contribution in [0.15, 0.2) is 18.2 Å². The molecule has 1 unspecified atom stereocenters. The van der Waals surface area contributed by atoms with E-state index in [1.165, 1.54) is 41.3 Å². The average Bonchev–Trinajstić information content (AvgIpc) is 3.10. The number of carboxylic acid groups (broad SMARTS) is 1. The van der Waals surface area contributed by atoms with Gasteiger partial charge in [0, 0.05) is 25.1 Å². The van der Waals surface area contributed by atoms with Crippen LogP contribution in [0.4, 0.5) is 5.82 Å². The van der Waals surface area contributed by atoms with Crippen LogP contribution in [0.5, 0.6) is 0 Å². The smallest absolute Gasteiger partial charge is 0.290 e. The van der Waals surface area contributed by atoms with E-state index in [1.807, 2.05) is 0 Å². The van der Waals surface area contributed by atoms with Crippen LogP contribution in [0.1, 0.15) is 36.0 Å². The van der Waals surface area contributed by atoms with Crippen LogP contribution in [-0.2, 0) is 9.53 Å². The average molecular weight is 344 g/mol. The molecule has 0 bridgehead atoms. The van der Waals surface area contributed by atoms with Gasteiger partial charge in [-0.2, -0.15) is 0 Å². The number of benzene rings is 1. The highest BCUT2D eigenvalue weighted by atomic mass is 16.5. The first-order chi connectivity index (χ1) is 12.1. The molecule has 1 aromatic carbocycles. The summed E-state index contributed by atoms with van der Waals surface area (Å²) in [6.07, 6.45) is 3.66. The summed E-state index contributed by atoms with van der Waals surface area (Å²) >= 11 is 0. The molecule has 2 heterocycles. The van der Waals surface area contributed by atoms with Crippen LogP contribution in [0.25, 0.3) is 10.9 Å². The highest BCUT2D eigenvalue weighted by Gasteiger charge is 2.14. The number of anilines is 1. The van der Waals surface area contributed by atoms with E-state index >= 15 is 0 Å². The Labute approximate surface area is 149 Å². The van der Waals surface area contributed by atoms with Crippen molar-refractivity contribution >= 4 is 23.2 Å². The molecule has 0 amide bonds. The van der Waals surface area contributed by atoms with Crippen LogP contribution >= 0.6 is 0 Å². The lowest BCUT2D eigenvalue weighted by Crippen LogP contribution is -2.07. The Bertz CT molecular complexity index is 710. The van der Waals surface area contributed by atoms with Crippen LogP contribution in [0.2, 0.25) is 0 Å². The molecule has 1 aliphatic heterocycles. The number of rotatable bonds is 5. The summed E-state index contributed by atoms with van der Waals surface area (Å²) in [5, 5.41) is 11.6. The topological polar surface area (TPSA) is 71.5 Å². The molecule has 2 aromatic rings. The summed E-state index contributed by atoms with van der Waals surface area (Å²) in [5.41, 5.74) is 5.01. The summed E-state index contributed by atoms with van der Waals surface area (Å²) < 4.78 is 5.43. The van der Waals surface area contributed by atoms with E-state index < -0.39 is 0 Å². The van der Waals surface area contributed by atoms with Gasteiger partial charge in [-0.25, -0.2) is 4.98 Å². The summed E-state index contributed by atoms with van der Waals surface area (Å²) in [5.74, 6) is 1.76. The third-order valence-electron chi connectivity index (χ3n) is 4.83. The second-order valence-corrected chi connectivity index (χ2v) is 6.63. The quantitative estimate of drug-likeness (QED) is 0.631. The second kappa shape index (κ2) is 9.37. The van der Waals surface area contributed by atoms with Gasteiger partial charge in [0.15, 0.2) is 0 Å². The molecule has 25 heavy (non-hydrogen) atoms. The first-order valence-electron chi connectivity index (χ1n) is 8.83. The fraction of sp³-hybridized carbons (Fsp3) is 0.500. The Morgan fingerprint density at radius 1 is 1.32 bits per heavy atom. The van der Waals surface area contributed by atoms with Crippen LogP contribution in [-0.4, -0.2) is 36.3 Å².